The molecule has 28 heavy (non-hydrogen) atoms. The van der Waals surface area contributed by atoms with Gasteiger partial charge in [-0.2, -0.15) is 0 Å². The van der Waals surface area contributed by atoms with Crippen LogP contribution in [0.2, 0.25) is 0 Å². The Morgan fingerprint density at radius 1 is 1.04 bits per heavy atom. The summed E-state index contributed by atoms with van der Waals surface area (Å²) in [5.74, 6) is -1.22. The van der Waals surface area contributed by atoms with Gasteiger partial charge in [-0.3, -0.25) is 9.59 Å². The van der Waals surface area contributed by atoms with E-state index < -0.39 is 24.0 Å². The first-order valence-electron chi connectivity index (χ1n) is 8.82. The van der Waals surface area contributed by atoms with Gasteiger partial charge in [0.25, 0.3) is 11.8 Å². The van der Waals surface area contributed by atoms with E-state index in [1.165, 1.54) is 25.4 Å². The van der Waals surface area contributed by atoms with E-state index in [1.54, 1.807) is 55.6 Å². The lowest BCUT2D eigenvalue weighted by atomic mass is 10.0. The van der Waals surface area contributed by atoms with Gasteiger partial charge in [0, 0.05) is 0 Å². The quantitative estimate of drug-likeness (QED) is 0.660. The number of hydrogen-bond donors (Lipinski definition) is 2. The molecule has 0 aliphatic carbocycles. The maximum absolute atomic E-state index is 12.5. The number of methoxy groups -OCH3 is 1. The lowest BCUT2D eigenvalue weighted by Gasteiger charge is -2.23. The number of anilines is 1. The van der Waals surface area contributed by atoms with Crippen molar-refractivity contribution in [1.82, 2.24) is 5.32 Å². The smallest absolute Gasteiger partial charge is 0.329 e. The summed E-state index contributed by atoms with van der Waals surface area (Å²) in [6, 6.07) is 9.49. The van der Waals surface area contributed by atoms with E-state index in [2.05, 4.69) is 10.6 Å². The summed E-state index contributed by atoms with van der Waals surface area (Å²) in [6.07, 6.45) is -1.04. The van der Waals surface area contributed by atoms with Crippen molar-refractivity contribution in [2.45, 2.75) is 32.9 Å². The van der Waals surface area contributed by atoms with E-state index in [9.17, 15) is 14.4 Å². The third-order valence-electron chi connectivity index (χ3n) is 3.98. The molecule has 1 aromatic carbocycles. The standard InChI is InChI=1S/C20H24N2O5S/c1-12(2)17(22-19(24)16-10-7-11-28-16)20(25)27-13(3)18(23)21-14-8-5-6-9-15(14)26-4/h5-13,17H,1-4H3,(H,21,23)(H,22,24)/t13-,17-/m1/s1. The summed E-state index contributed by atoms with van der Waals surface area (Å²) in [5, 5.41) is 7.13. The van der Waals surface area contributed by atoms with Crippen LogP contribution in [0.5, 0.6) is 5.75 Å². The van der Waals surface area contributed by atoms with Crippen LogP contribution in [0.4, 0.5) is 5.69 Å². The van der Waals surface area contributed by atoms with Gasteiger partial charge in [0.05, 0.1) is 17.7 Å². The zero-order valence-electron chi connectivity index (χ0n) is 16.2. The average molecular weight is 404 g/mol. The molecular weight excluding hydrogens is 380 g/mol. The predicted octanol–water partition coefficient (Wildman–Crippen LogP) is 3.08. The van der Waals surface area contributed by atoms with Crippen LogP contribution < -0.4 is 15.4 Å². The Bertz CT molecular complexity index is 820. The molecule has 2 N–H and O–H groups in total. The molecule has 1 heterocycles. The molecule has 0 aliphatic rings. The van der Waals surface area contributed by atoms with E-state index in [-0.39, 0.29) is 11.8 Å². The SMILES string of the molecule is COc1ccccc1NC(=O)[C@@H](C)OC(=O)[C@H](NC(=O)c1cccs1)C(C)C. The Labute approximate surface area is 168 Å². The molecule has 2 amide bonds. The van der Waals surface area contributed by atoms with Crippen molar-refractivity contribution in [3.8, 4) is 5.75 Å². The van der Waals surface area contributed by atoms with Crippen LogP contribution in [-0.2, 0) is 14.3 Å². The highest BCUT2D eigenvalue weighted by molar-refractivity contribution is 7.12. The lowest BCUT2D eigenvalue weighted by Crippen LogP contribution is -2.47. The summed E-state index contributed by atoms with van der Waals surface area (Å²) in [4.78, 5) is 37.7. The number of para-hydroxylation sites is 2. The molecule has 1 aromatic heterocycles. The zero-order chi connectivity index (χ0) is 20.7. The molecule has 2 rings (SSSR count). The van der Waals surface area contributed by atoms with Crippen LogP contribution in [-0.4, -0.2) is 37.0 Å². The average Bonchev–Trinajstić information content (AvgIpc) is 3.20. The van der Waals surface area contributed by atoms with Crippen LogP contribution in [0.25, 0.3) is 0 Å². The second kappa shape index (κ2) is 9.89. The van der Waals surface area contributed by atoms with Gasteiger partial charge in [-0.05, 0) is 36.4 Å². The van der Waals surface area contributed by atoms with Crippen LogP contribution >= 0.6 is 11.3 Å². The number of carbonyl (C=O) groups excluding carboxylic acids is 3. The molecule has 0 aliphatic heterocycles. The van der Waals surface area contributed by atoms with Gasteiger partial charge in [0.1, 0.15) is 11.8 Å². The number of nitrogens with one attached hydrogen (secondary N) is 2. The van der Waals surface area contributed by atoms with E-state index in [4.69, 9.17) is 9.47 Å². The van der Waals surface area contributed by atoms with Crippen molar-refractivity contribution in [2.24, 2.45) is 5.92 Å². The minimum atomic E-state index is -1.04. The summed E-state index contributed by atoms with van der Waals surface area (Å²) >= 11 is 1.28. The highest BCUT2D eigenvalue weighted by Crippen LogP contribution is 2.23. The number of ether oxygens (including phenoxy) is 2. The van der Waals surface area contributed by atoms with Gasteiger partial charge in [0.15, 0.2) is 6.10 Å². The Hall–Kier alpha value is -2.87. The number of rotatable bonds is 8. The Morgan fingerprint density at radius 2 is 1.75 bits per heavy atom. The normalized spacial score (nSPS) is 12.8. The van der Waals surface area contributed by atoms with E-state index in [0.29, 0.717) is 16.3 Å². The molecule has 0 saturated carbocycles. The fourth-order valence-electron chi connectivity index (χ4n) is 2.40. The number of hydrogen-bond acceptors (Lipinski definition) is 6. The largest absolute Gasteiger partial charge is 0.495 e. The molecule has 7 nitrogen and oxygen atoms in total. The van der Waals surface area contributed by atoms with Crippen molar-refractivity contribution >= 4 is 34.8 Å². The van der Waals surface area contributed by atoms with Gasteiger partial charge >= 0.3 is 5.97 Å². The molecule has 0 radical (unpaired) electrons. The number of carbonyl (C=O) groups is 3. The number of esters is 1. The van der Waals surface area contributed by atoms with Crippen molar-refractivity contribution < 1.29 is 23.9 Å². The molecule has 0 fully saturated rings. The maximum atomic E-state index is 12.5. The number of amides is 2. The molecule has 0 saturated heterocycles. The summed E-state index contributed by atoms with van der Waals surface area (Å²) in [7, 11) is 1.50. The minimum absolute atomic E-state index is 0.208. The molecule has 150 valence electrons. The monoisotopic (exact) mass is 404 g/mol. The van der Waals surface area contributed by atoms with Crippen molar-refractivity contribution in [3.63, 3.8) is 0 Å². The Balaban J connectivity index is 1.99. The highest BCUT2D eigenvalue weighted by atomic mass is 32.1. The van der Waals surface area contributed by atoms with Crippen LogP contribution in [0.15, 0.2) is 41.8 Å². The van der Waals surface area contributed by atoms with Crippen molar-refractivity contribution in [2.75, 3.05) is 12.4 Å². The van der Waals surface area contributed by atoms with Crippen LogP contribution in [0.1, 0.15) is 30.4 Å². The number of benzene rings is 1. The van der Waals surface area contributed by atoms with E-state index in [1.807, 2.05) is 0 Å². The third-order valence-corrected chi connectivity index (χ3v) is 4.85. The topological polar surface area (TPSA) is 93.7 Å². The van der Waals surface area contributed by atoms with Gasteiger partial charge in [0.2, 0.25) is 0 Å². The second-order valence-electron chi connectivity index (χ2n) is 6.44. The van der Waals surface area contributed by atoms with Crippen molar-refractivity contribution in [1.29, 1.82) is 0 Å². The molecule has 8 heteroatoms. The molecule has 0 unspecified atom stereocenters. The number of thiophene rings is 1. The van der Waals surface area contributed by atoms with Crippen LogP contribution in [0.3, 0.4) is 0 Å². The highest BCUT2D eigenvalue weighted by Gasteiger charge is 2.29. The van der Waals surface area contributed by atoms with Gasteiger partial charge in [-0.15, -0.1) is 11.3 Å². The zero-order valence-corrected chi connectivity index (χ0v) is 17.0. The first-order chi connectivity index (χ1) is 13.3. The molecule has 2 aromatic rings. The first-order valence-corrected chi connectivity index (χ1v) is 9.70. The van der Waals surface area contributed by atoms with Gasteiger partial charge in [-0.1, -0.05) is 32.0 Å². The molecular formula is C20H24N2O5S. The van der Waals surface area contributed by atoms with Crippen molar-refractivity contribution in [3.05, 3.63) is 46.7 Å². The first kappa shape index (κ1) is 21.4. The fourth-order valence-corrected chi connectivity index (χ4v) is 3.03. The summed E-state index contributed by atoms with van der Waals surface area (Å²) in [6.45, 7) is 5.06. The molecule has 0 bridgehead atoms. The predicted molar refractivity (Wildman–Crippen MR) is 108 cm³/mol. The third kappa shape index (κ3) is 5.56. The minimum Gasteiger partial charge on any atom is -0.495 e. The van der Waals surface area contributed by atoms with Gasteiger partial charge < -0.3 is 20.1 Å². The van der Waals surface area contributed by atoms with E-state index in [0.717, 1.165) is 0 Å². The van der Waals surface area contributed by atoms with E-state index >= 15 is 0 Å². The van der Waals surface area contributed by atoms with Crippen LogP contribution in [0, 0.1) is 5.92 Å². The molecule has 0 spiro atoms. The Morgan fingerprint density at radius 3 is 2.36 bits per heavy atom. The summed E-state index contributed by atoms with van der Waals surface area (Å²) < 4.78 is 10.5. The second-order valence-corrected chi connectivity index (χ2v) is 7.39. The Kier molecular flexibility index (Phi) is 7.57. The summed E-state index contributed by atoms with van der Waals surface area (Å²) in [5.41, 5.74) is 0.476. The van der Waals surface area contributed by atoms with Gasteiger partial charge in [-0.25, -0.2) is 4.79 Å². The lowest BCUT2D eigenvalue weighted by molar-refractivity contribution is -0.156. The molecule has 2 atom stereocenters. The maximum Gasteiger partial charge on any atom is 0.329 e. The fraction of sp³-hybridized carbons (Fsp3) is 0.350.